The van der Waals surface area contributed by atoms with Crippen LogP contribution in [0.4, 0.5) is 0 Å². The van der Waals surface area contributed by atoms with Gasteiger partial charge in [-0.25, -0.2) is 0 Å². The SMILES string of the molecule is CCCn1[nH]c(=O)c(-c2ccccc2)c1-c1ccccc1. The molecule has 0 amide bonds. The Balaban J connectivity index is 2.27. The molecule has 3 aromatic rings. The lowest BCUT2D eigenvalue weighted by molar-refractivity contribution is 0.604. The molecule has 2 aromatic carbocycles. The number of H-pyrrole nitrogens is 1. The van der Waals surface area contributed by atoms with Crippen LogP contribution in [0.15, 0.2) is 65.5 Å². The van der Waals surface area contributed by atoms with E-state index >= 15 is 0 Å². The van der Waals surface area contributed by atoms with Crippen LogP contribution in [0.1, 0.15) is 13.3 Å². The minimum Gasteiger partial charge on any atom is -0.284 e. The minimum atomic E-state index is -0.0338. The fourth-order valence-corrected chi connectivity index (χ4v) is 2.64. The Kier molecular flexibility index (Phi) is 3.73. The third-order valence-electron chi connectivity index (χ3n) is 3.53. The van der Waals surface area contributed by atoms with Crippen LogP contribution < -0.4 is 5.56 Å². The lowest BCUT2D eigenvalue weighted by atomic mass is 10.0. The van der Waals surface area contributed by atoms with Crippen LogP contribution in [0.5, 0.6) is 0 Å². The van der Waals surface area contributed by atoms with E-state index in [0.29, 0.717) is 0 Å². The summed E-state index contributed by atoms with van der Waals surface area (Å²) in [4.78, 5) is 12.4. The van der Waals surface area contributed by atoms with E-state index in [2.05, 4.69) is 12.0 Å². The topological polar surface area (TPSA) is 37.8 Å². The van der Waals surface area contributed by atoms with Crippen molar-refractivity contribution in [3.05, 3.63) is 71.0 Å². The van der Waals surface area contributed by atoms with E-state index in [4.69, 9.17) is 0 Å². The first kappa shape index (κ1) is 13.4. The van der Waals surface area contributed by atoms with Crippen molar-refractivity contribution in [2.24, 2.45) is 0 Å². The Hall–Kier alpha value is -2.55. The van der Waals surface area contributed by atoms with Gasteiger partial charge in [-0.3, -0.25) is 14.6 Å². The number of aromatic amines is 1. The van der Waals surface area contributed by atoms with Crippen LogP contribution in [0.3, 0.4) is 0 Å². The maximum Gasteiger partial charge on any atom is 0.272 e. The summed E-state index contributed by atoms with van der Waals surface area (Å²) in [6.07, 6.45) is 0.971. The second-order valence-electron chi connectivity index (χ2n) is 5.05. The molecule has 0 saturated carbocycles. The Morgan fingerprint density at radius 3 is 2.05 bits per heavy atom. The molecule has 21 heavy (non-hydrogen) atoms. The van der Waals surface area contributed by atoms with Crippen molar-refractivity contribution in [1.82, 2.24) is 9.78 Å². The molecule has 3 rings (SSSR count). The molecule has 1 heterocycles. The van der Waals surface area contributed by atoms with Gasteiger partial charge in [0.1, 0.15) is 0 Å². The van der Waals surface area contributed by atoms with E-state index in [0.717, 1.165) is 35.3 Å². The largest absolute Gasteiger partial charge is 0.284 e. The van der Waals surface area contributed by atoms with Gasteiger partial charge in [0, 0.05) is 12.1 Å². The summed E-state index contributed by atoms with van der Waals surface area (Å²) < 4.78 is 1.96. The number of hydrogen-bond donors (Lipinski definition) is 1. The van der Waals surface area contributed by atoms with Gasteiger partial charge in [0.05, 0.1) is 11.3 Å². The number of rotatable bonds is 4. The van der Waals surface area contributed by atoms with Crippen LogP contribution >= 0.6 is 0 Å². The number of benzene rings is 2. The number of aryl methyl sites for hydroxylation is 1. The van der Waals surface area contributed by atoms with Gasteiger partial charge in [0.25, 0.3) is 5.56 Å². The van der Waals surface area contributed by atoms with Crippen molar-refractivity contribution in [1.29, 1.82) is 0 Å². The molecule has 0 fully saturated rings. The third-order valence-corrected chi connectivity index (χ3v) is 3.53. The number of aromatic nitrogens is 2. The van der Waals surface area contributed by atoms with Gasteiger partial charge in [-0.15, -0.1) is 0 Å². The van der Waals surface area contributed by atoms with Crippen LogP contribution in [0.25, 0.3) is 22.4 Å². The van der Waals surface area contributed by atoms with Crippen LogP contribution in [-0.2, 0) is 6.54 Å². The second-order valence-corrected chi connectivity index (χ2v) is 5.05. The van der Waals surface area contributed by atoms with E-state index in [1.165, 1.54) is 0 Å². The Morgan fingerprint density at radius 1 is 0.905 bits per heavy atom. The van der Waals surface area contributed by atoms with Crippen molar-refractivity contribution < 1.29 is 0 Å². The molecule has 0 saturated heterocycles. The lowest BCUT2D eigenvalue weighted by Gasteiger charge is -2.09. The van der Waals surface area contributed by atoms with Crippen molar-refractivity contribution in [2.45, 2.75) is 19.9 Å². The third kappa shape index (κ3) is 2.55. The predicted octanol–water partition coefficient (Wildman–Crippen LogP) is 3.92. The van der Waals surface area contributed by atoms with Gasteiger partial charge < -0.3 is 0 Å². The van der Waals surface area contributed by atoms with E-state index in [9.17, 15) is 4.79 Å². The maximum atomic E-state index is 12.4. The zero-order chi connectivity index (χ0) is 14.7. The molecule has 3 nitrogen and oxygen atoms in total. The van der Waals surface area contributed by atoms with E-state index in [1.54, 1.807) is 0 Å². The molecule has 106 valence electrons. The standard InChI is InChI=1S/C18H18N2O/c1-2-13-20-17(15-11-7-4-8-12-15)16(18(21)19-20)14-9-5-3-6-10-14/h3-12H,2,13H2,1H3,(H,19,21). The molecule has 0 aliphatic rings. The molecule has 0 radical (unpaired) electrons. The Morgan fingerprint density at radius 2 is 1.48 bits per heavy atom. The minimum absolute atomic E-state index is 0.0338. The summed E-state index contributed by atoms with van der Waals surface area (Å²) in [6, 6.07) is 19.9. The Bertz CT molecular complexity index is 770. The molecular weight excluding hydrogens is 260 g/mol. The molecule has 1 N–H and O–H groups in total. The van der Waals surface area contributed by atoms with Gasteiger partial charge in [-0.2, -0.15) is 0 Å². The lowest BCUT2D eigenvalue weighted by Crippen LogP contribution is -2.06. The van der Waals surface area contributed by atoms with E-state index in [-0.39, 0.29) is 5.56 Å². The van der Waals surface area contributed by atoms with Crippen molar-refractivity contribution >= 4 is 0 Å². The number of hydrogen-bond acceptors (Lipinski definition) is 1. The molecule has 0 atom stereocenters. The molecule has 0 aliphatic carbocycles. The zero-order valence-corrected chi connectivity index (χ0v) is 12.0. The van der Waals surface area contributed by atoms with Crippen LogP contribution in [0, 0.1) is 0 Å². The summed E-state index contributed by atoms with van der Waals surface area (Å²) in [5, 5.41) is 2.97. The maximum absolute atomic E-state index is 12.4. The average molecular weight is 278 g/mol. The predicted molar refractivity (Wildman–Crippen MR) is 86.2 cm³/mol. The normalized spacial score (nSPS) is 10.7. The summed E-state index contributed by atoms with van der Waals surface area (Å²) in [5.74, 6) is 0. The first-order valence-electron chi connectivity index (χ1n) is 7.25. The second kappa shape index (κ2) is 5.83. The fourth-order valence-electron chi connectivity index (χ4n) is 2.64. The van der Waals surface area contributed by atoms with Gasteiger partial charge in [0.2, 0.25) is 0 Å². The smallest absolute Gasteiger partial charge is 0.272 e. The average Bonchev–Trinajstić information content (AvgIpc) is 2.86. The molecular formula is C18H18N2O. The van der Waals surface area contributed by atoms with Gasteiger partial charge in [-0.1, -0.05) is 67.6 Å². The summed E-state index contributed by atoms with van der Waals surface area (Å²) in [5.41, 5.74) is 3.69. The van der Waals surface area contributed by atoms with Crippen LogP contribution in [0.2, 0.25) is 0 Å². The summed E-state index contributed by atoms with van der Waals surface area (Å²) in [7, 11) is 0. The highest BCUT2D eigenvalue weighted by atomic mass is 16.1. The molecule has 0 spiro atoms. The van der Waals surface area contributed by atoms with E-state index < -0.39 is 0 Å². The molecule has 0 unspecified atom stereocenters. The zero-order valence-electron chi connectivity index (χ0n) is 12.0. The fraction of sp³-hybridized carbons (Fsp3) is 0.167. The van der Waals surface area contributed by atoms with Gasteiger partial charge in [-0.05, 0) is 12.0 Å². The van der Waals surface area contributed by atoms with Crippen molar-refractivity contribution in [3.8, 4) is 22.4 Å². The van der Waals surface area contributed by atoms with Gasteiger partial charge >= 0.3 is 0 Å². The van der Waals surface area contributed by atoms with E-state index in [1.807, 2.05) is 65.3 Å². The quantitative estimate of drug-likeness (QED) is 0.771. The number of nitrogens with zero attached hydrogens (tertiary/aromatic N) is 1. The highest BCUT2D eigenvalue weighted by Gasteiger charge is 2.17. The first-order chi connectivity index (χ1) is 10.3. The molecule has 0 aliphatic heterocycles. The molecule has 3 heteroatoms. The highest BCUT2D eigenvalue weighted by Crippen LogP contribution is 2.29. The summed E-state index contributed by atoms with van der Waals surface area (Å²) >= 11 is 0. The van der Waals surface area contributed by atoms with Gasteiger partial charge in [0.15, 0.2) is 0 Å². The summed E-state index contributed by atoms with van der Waals surface area (Å²) in [6.45, 7) is 2.90. The van der Waals surface area contributed by atoms with Crippen molar-refractivity contribution in [3.63, 3.8) is 0 Å². The molecule has 1 aromatic heterocycles. The first-order valence-corrected chi connectivity index (χ1v) is 7.25. The Labute approximate surface area is 123 Å². The monoisotopic (exact) mass is 278 g/mol. The highest BCUT2D eigenvalue weighted by molar-refractivity contribution is 5.80. The van der Waals surface area contributed by atoms with Crippen molar-refractivity contribution in [2.75, 3.05) is 0 Å². The number of nitrogens with one attached hydrogen (secondary N) is 1. The van der Waals surface area contributed by atoms with Crippen LogP contribution in [-0.4, -0.2) is 9.78 Å². The molecule has 0 bridgehead atoms.